The molecular formula is C25H27N5O4S. The predicted molar refractivity (Wildman–Crippen MR) is 137 cm³/mol. The van der Waals surface area contributed by atoms with Crippen LogP contribution in [0.3, 0.4) is 0 Å². The largest absolute Gasteiger partial charge is 0.497 e. The molecule has 0 spiro atoms. The van der Waals surface area contributed by atoms with Crippen LogP contribution in [-0.2, 0) is 14.4 Å². The minimum Gasteiger partial charge on any atom is -0.497 e. The average Bonchev–Trinajstić information content (AvgIpc) is 3.25. The maximum atomic E-state index is 12.6. The van der Waals surface area contributed by atoms with Crippen molar-refractivity contribution in [1.29, 1.82) is 0 Å². The molecule has 9 nitrogen and oxygen atoms in total. The molecule has 1 aliphatic heterocycles. The van der Waals surface area contributed by atoms with Crippen molar-refractivity contribution in [3.05, 3.63) is 48.0 Å². The van der Waals surface area contributed by atoms with Crippen molar-refractivity contribution in [1.82, 2.24) is 9.99 Å². The van der Waals surface area contributed by atoms with Crippen molar-refractivity contribution in [2.75, 3.05) is 24.3 Å². The van der Waals surface area contributed by atoms with Gasteiger partial charge < -0.3 is 15.4 Å². The fourth-order valence-electron chi connectivity index (χ4n) is 3.51. The maximum Gasteiger partial charge on any atom is 0.243 e. The zero-order valence-electron chi connectivity index (χ0n) is 19.8. The first kappa shape index (κ1) is 24.3. The molecule has 0 bridgehead atoms. The van der Waals surface area contributed by atoms with Gasteiger partial charge in [-0.25, -0.2) is 9.99 Å². The number of carbonyl (C=O) groups excluding carboxylic acids is 3. The van der Waals surface area contributed by atoms with E-state index in [0.29, 0.717) is 29.2 Å². The van der Waals surface area contributed by atoms with Gasteiger partial charge in [0, 0.05) is 30.9 Å². The summed E-state index contributed by atoms with van der Waals surface area (Å²) in [5, 5.41) is 12.0. The van der Waals surface area contributed by atoms with E-state index < -0.39 is 0 Å². The number of nitrogens with one attached hydrogen (secondary N) is 2. The van der Waals surface area contributed by atoms with Gasteiger partial charge in [0.2, 0.25) is 17.7 Å². The minimum absolute atomic E-state index is 0.0948. The van der Waals surface area contributed by atoms with Crippen molar-refractivity contribution in [3.8, 4) is 5.75 Å². The topological polar surface area (TPSA) is 113 Å². The van der Waals surface area contributed by atoms with E-state index in [4.69, 9.17) is 4.74 Å². The fourth-order valence-corrected chi connectivity index (χ4v) is 4.35. The van der Waals surface area contributed by atoms with Crippen LogP contribution in [0.5, 0.6) is 5.75 Å². The molecule has 0 atom stereocenters. The third-order valence-electron chi connectivity index (χ3n) is 5.50. The Balaban J connectivity index is 1.37. The van der Waals surface area contributed by atoms with E-state index in [0.717, 1.165) is 21.7 Å². The molecule has 1 aromatic heterocycles. The van der Waals surface area contributed by atoms with Crippen LogP contribution in [0.4, 0.5) is 10.8 Å². The van der Waals surface area contributed by atoms with E-state index >= 15 is 0 Å². The van der Waals surface area contributed by atoms with Gasteiger partial charge in [0.15, 0.2) is 5.13 Å². The molecule has 0 fully saturated rings. The van der Waals surface area contributed by atoms with E-state index in [1.807, 2.05) is 44.2 Å². The number of amides is 3. The molecule has 1 aliphatic rings. The van der Waals surface area contributed by atoms with Crippen molar-refractivity contribution in [2.24, 2.45) is 11.0 Å². The molecule has 10 heteroatoms. The highest BCUT2D eigenvalue weighted by Gasteiger charge is 2.22. The number of rotatable bonds is 8. The highest BCUT2D eigenvalue weighted by Crippen LogP contribution is 2.28. The Morgan fingerprint density at radius 3 is 2.60 bits per heavy atom. The standard InChI is InChI=1S/C25H27N5O4S/c1-15(2)24(33)28-25-27-20-14-17(6-10-21(20)35-25)26-22(31)12-13-30-23(32)11-9-19(29-30)16-4-7-18(34-3)8-5-16/h4-8,10,14-15H,9,11-13H2,1-3H3,(H,26,31)(H,27,28,33). The second kappa shape index (κ2) is 10.6. The lowest BCUT2D eigenvalue weighted by Crippen LogP contribution is -2.34. The van der Waals surface area contributed by atoms with Gasteiger partial charge in [-0.05, 0) is 48.0 Å². The first-order valence-electron chi connectivity index (χ1n) is 11.4. The molecule has 2 N–H and O–H groups in total. The molecule has 2 heterocycles. The summed E-state index contributed by atoms with van der Waals surface area (Å²) in [5.74, 6) is 0.187. The molecule has 0 radical (unpaired) electrons. The molecule has 0 saturated carbocycles. The van der Waals surface area contributed by atoms with Crippen LogP contribution in [0.1, 0.15) is 38.7 Å². The molecule has 0 aliphatic carbocycles. The number of ether oxygens (including phenoxy) is 1. The van der Waals surface area contributed by atoms with Crippen LogP contribution in [-0.4, -0.2) is 47.1 Å². The first-order valence-corrected chi connectivity index (χ1v) is 12.2. The summed E-state index contributed by atoms with van der Waals surface area (Å²) in [5.41, 5.74) is 3.02. The van der Waals surface area contributed by atoms with Gasteiger partial charge in [-0.3, -0.25) is 14.4 Å². The SMILES string of the molecule is COc1ccc(C2=NN(CCC(=O)Nc3ccc4sc(NC(=O)C(C)C)nc4c3)C(=O)CC2)cc1. The number of hydrazone groups is 1. The zero-order valence-corrected chi connectivity index (χ0v) is 20.6. The number of nitrogens with zero attached hydrogens (tertiary/aromatic N) is 3. The average molecular weight is 494 g/mol. The second-order valence-electron chi connectivity index (χ2n) is 8.44. The van der Waals surface area contributed by atoms with Crippen LogP contribution < -0.4 is 15.4 Å². The summed E-state index contributed by atoms with van der Waals surface area (Å²) in [7, 11) is 1.61. The van der Waals surface area contributed by atoms with Gasteiger partial charge in [-0.15, -0.1) is 0 Å². The molecule has 3 amide bonds. The summed E-state index contributed by atoms with van der Waals surface area (Å²) >= 11 is 1.38. The van der Waals surface area contributed by atoms with E-state index in [1.54, 1.807) is 19.2 Å². The Morgan fingerprint density at radius 2 is 1.89 bits per heavy atom. The number of hydrogen-bond acceptors (Lipinski definition) is 7. The Labute approximate surface area is 207 Å². The number of carbonyl (C=O) groups is 3. The van der Waals surface area contributed by atoms with Gasteiger partial charge in [0.05, 0.1) is 29.6 Å². The van der Waals surface area contributed by atoms with E-state index in [-0.39, 0.29) is 36.6 Å². The number of fused-ring (bicyclic) bond motifs is 1. The monoisotopic (exact) mass is 493 g/mol. The third kappa shape index (κ3) is 6.02. The summed E-state index contributed by atoms with van der Waals surface area (Å²) in [6.45, 7) is 3.83. The molecule has 4 rings (SSSR count). The Bertz CT molecular complexity index is 1280. The molecule has 0 saturated heterocycles. The fraction of sp³-hybridized carbons (Fsp3) is 0.320. The van der Waals surface area contributed by atoms with Gasteiger partial charge in [0.25, 0.3) is 0 Å². The minimum atomic E-state index is -0.229. The number of hydrogen-bond donors (Lipinski definition) is 2. The quantitative estimate of drug-likeness (QED) is 0.487. The summed E-state index contributed by atoms with van der Waals surface area (Å²) in [6.07, 6.45) is 1.01. The Kier molecular flexibility index (Phi) is 7.40. The van der Waals surface area contributed by atoms with E-state index in [9.17, 15) is 14.4 Å². The smallest absolute Gasteiger partial charge is 0.243 e. The highest BCUT2D eigenvalue weighted by molar-refractivity contribution is 7.22. The Morgan fingerprint density at radius 1 is 1.11 bits per heavy atom. The van der Waals surface area contributed by atoms with Gasteiger partial charge in [-0.1, -0.05) is 25.2 Å². The van der Waals surface area contributed by atoms with Crippen LogP contribution in [0.2, 0.25) is 0 Å². The normalized spacial score (nSPS) is 13.7. The number of anilines is 2. The lowest BCUT2D eigenvalue weighted by atomic mass is 10.0. The number of aromatic nitrogens is 1. The van der Waals surface area contributed by atoms with Gasteiger partial charge in [0.1, 0.15) is 5.75 Å². The van der Waals surface area contributed by atoms with E-state index in [1.165, 1.54) is 16.3 Å². The van der Waals surface area contributed by atoms with Gasteiger partial charge >= 0.3 is 0 Å². The van der Waals surface area contributed by atoms with E-state index in [2.05, 4.69) is 20.7 Å². The second-order valence-corrected chi connectivity index (χ2v) is 9.47. The summed E-state index contributed by atoms with van der Waals surface area (Å²) < 4.78 is 6.09. The van der Waals surface area contributed by atoms with Crippen LogP contribution in [0.15, 0.2) is 47.6 Å². The molecule has 0 unspecified atom stereocenters. The number of methoxy groups -OCH3 is 1. The highest BCUT2D eigenvalue weighted by atomic mass is 32.1. The summed E-state index contributed by atoms with van der Waals surface area (Å²) in [4.78, 5) is 41.2. The number of benzene rings is 2. The maximum absolute atomic E-state index is 12.6. The summed E-state index contributed by atoms with van der Waals surface area (Å²) in [6, 6.07) is 12.9. The lowest BCUT2D eigenvalue weighted by Gasteiger charge is -2.23. The number of thiazole rings is 1. The third-order valence-corrected chi connectivity index (χ3v) is 6.46. The Hall–Kier alpha value is -3.79. The zero-order chi connectivity index (χ0) is 24.9. The van der Waals surface area contributed by atoms with Crippen LogP contribution in [0.25, 0.3) is 10.2 Å². The first-order chi connectivity index (χ1) is 16.8. The van der Waals surface area contributed by atoms with Crippen LogP contribution >= 0.6 is 11.3 Å². The molecule has 3 aromatic rings. The van der Waals surface area contributed by atoms with Crippen molar-refractivity contribution in [2.45, 2.75) is 33.1 Å². The van der Waals surface area contributed by atoms with Crippen molar-refractivity contribution < 1.29 is 19.1 Å². The predicted octanol–water partition coefficient (Wildman–Crippen LogP) is 4.25. The van der Waals surface area contributed by atoms with Crippen LogP contribution in [0, 0.1) is 5.92 Å². The van der Waals surface area contributed by atoms with Crippen molar-refractivity contribution in [3.63, 3.8) is 0 Å². The lowest BCUT2D eigenvalue weighted by molar-refractivity contribution is -0.132. The molecule has 182 valence electrons. The molecule has 2 aromatic carbocycles. The molecular weight excluding hydrogens is 466 g/mol. The molecule has 35 heavy (non-hydrogen) atoms. The van der Waals surface area contributed by atoms with Crippen molar-refractivity contribution >= 4 is 55.8 Å². The van der Waals surface area contributed by atoms with Gasteiger partial charge in [-0.2, -0.15) is 5.10 Å².